The summed E-state index contributed by atoms with van der Waals surface area (Å²) in [6, 6.07) is 11.4. The highest BCUT2D eigenvalue weighted by molar-refractivity contribution is 5.94. The Hall–Kier alpha value is -2.36. The minimum atomic E-state index is -0.357. The maximum absolute atomic E-state index is 12.8. The number of hydrogen-bond donors (Lipinski definition) is 1. The summed E-state index contributed by atoms with van der Waals surface area (Å²) in [5.41, 5.74) is 2.57. The average Bonchev–Trinajstić information content (AvgIpc) is 2.46. The molecular formula is C17H18FNO2. The normalized spacial score (nSPS) is 10.2. The molecule has 0 saturated heterocycles. The van der Waals surface area contributed by atoms with Gasteiger partial charge in [-0.2, -0.15) is 0 Å². The summed E-state index contributed by atoms with van der Waals surface area (Å²) in [6.45, 7) is 4.75. The van der Waals surface area contributed by atoms with Crippen LogP contribution in [0.15, 0.2) is 42.5 Å². The lowest BCUT2D eigenvalue weighted by Gasteiger charge is -2.12. The molecule has 2 rings (SSSR count). The van der Waals surface area contributed by atoms with Gasteiger partial charge in [-0.1, -0.05) is 18.2 Å². The van der Waals surface area contributed by atoms with Crippen LogP contribution in [-0.2, 0) is 0 Å². The van der Waals surface area contributed by atoms with Crippen molar-refractivity contribution in [3.63, 3.8) is 0 Å². The Morgan fingerprint density at radius 2 is 1.71 bits per heavy atom. The van der Waals surface area contributed by atoms with Crippen LogP contribution in [0, 0.1) is 19.7 Å². The van der Waals surface area contributed by atoms with Gasteiger partial charge < -0.3 is 10.1 Å². The van der Waals surface area contributed by atoms with Crippen molar-refractivity contribution in [2.24, 2.45) is 0 Å². The first-order valence-electron chi connectivity index (χ1n) is 6.80. The van der Waals surface area contributed by atoms with Crippen molar-refractivity contribution in [2.75, 3.05) is 13.2 Å². The van der Waals surface area contributed by atoms with E-state index in [0.29, 0.717) is 18.7 Å². The van der Waals surface area contributed by atoms with Crippen molar-refractivity contribution in [1.82, 2.24) is 5.32 Å². The smallest absolute Gasteiger partial charge is 0.251 e. The molecule has 110 valence electrons. The number of nitrogens with one attached hydrogen (secondary N) is 1. The van der Waals surface area contributed by atoms with Gasteiger partial charge in [0, 0.05) is 5.56 Å². The van der Waals surface area contributed by atoms with Gasteiger partial charge in [0.15, 0.2) is 0 Å². The molecule has 0 heterocycles. The van der Waals surface area contributed by atoms with Gasteiger partial charge >= 0.3 is 0 Å². The third kappa shape index (κ3) is 4.05. The van der Waals surface area contributed by atoms with Crippen molar-refractivity contribution in [2.45, 2.75) is 13.8 Å². The van der Waals surface area contributed by atoms with Crippen LogP contribution in [0.1, 0.15) is 21.5 Å². The van der Waals surface area contributed by atoms with Crippen LogP contribution in [0.25, 0.3) is 0 Å². The van der Waals surface area contributed by atoms with E-state index in [1.165, 1.54) is 24.3 Å². The van der Waals surface area contributed by atoms with E-state index in [1.54, 1.807) is 0 Å². The number of carbonyl (C=O) groups is 1. The molecule has 4 heteroatoms. The number of para-hydroxylation sites is 1. The van der Waals surface area contributed by atoms with Gasteiger partial charge in [0.25, 0.3) is 5.91 Å². The topological polar surface area (TPSA) is 38.3 Å². The van der Waals surface area contributed by atoms with Crippen molar-refractivity contribution in [1.29, 1.82) is 0 Å². The van der Waals surface area contributed by atoms with Gasteiger partial charge in [-0.3, -0.25) is 4.79 Å². The van der Waals surface area contributed by atoms with E-state index in [9.17, 15) is 9.18 Å². The molecule has 0 aliphatic rings. The Labute approximate surface area is 123 Å². The molecule has 1 amide bonds. The molecule has 0 atom stereocenters. The first-order chi connectivity index (χ1) is 10.1. The van der Waals surface area contributed by atoms with Gasteiger partial charge in [-0.15, -0.1) is 0 Å². The molecule has 0 fully saturated rings. The molecule has 0 aliphatic heterocycles. The maximum atomic E-state index is 12.8. The summed E-state index contributed by atoms with van der Waals surface area (Å²) in [5, 5.41) is 2.74. The first-order valence-corrected chi connectivity index (χ1v) is 6.80. The van der Waals surface area contributed by atoms with Crippen molar-refractivity contribution in [3.05, 3.63) is 65.0 Å². The van der Waals surface area contributed by atoms with E-state index >= 15 is 0 Å². The summed E-state index contributed by atoms with van der Waals surface area (Å²) >= 11 is 0. The molecule has 2 aromatic rings. The van der Waals surface area contributed by atoms with Crippen molar-refractivity contribution >= 4 is 5.91 Å². The highest BCUT2D eigenvalue weighted by Gasteiger charge is 2.06. The number of amides is 1. The van der Waals surface area contributed by atoms with Gasteiger partial charge in [0.2, 0.25) is 0 Å². The van der Waals surface area contributed by atoms with E-state index in [2.05, 4.69) is 5.32 Å². The van der Waals surface area contributed by atoms with Crippen LogP contribution in [-0.4, -0.2) is 19.1 Å². The minimum Gasteiger partial charge on any atom is -0.491 e. The number of aryl methyl sites for hydroxylation is 2. The van der Waals surface area contributed by atoms with Crippen LogP contribution < -0.4 is 10.1 Å². The van der Waals surface area contributed by atoms with Crippen LogP contribution in [0.2, 0.25) is 0 Å². The summed E-state index contributed by atoms with van der Waals surface area (Å²) < 4.78 is 18.5. The van der Waals surface area contributed by atoms with E-state index in [1.807, 2.05) is 32.0 Å². The molecule has 2 aromatic carbocycles. The molecule has 0 unspecified atom stereocenters. The largest absolute Gasteiger partial charge is 0.491 e. The van der Waals surface area contributed by atoms with Gasteiger partial charge in [-0.05, 0) is 49.2 Å². The lowest BCUT2D eigenvalue weighted by Crippen LogP contribution is -2.28. The van der Waals surface area contributed by atoms with Crippen LogP contribution in [0.3, 0.4) is 0 Å². The van der Waals surface area contributed by atoms with Crippen LogP contribution in [0.4, 0.5) is 4.39 Å². The van der Waals surface area contributed by atoms with Crippen molar-refractivity contribution < 1.29 is 13.9 Å². The molecule has 0 radical (unpaired) electrons. The third-order valence-electron chi connectivity index (χ3n) is 3.15. The second-order valence-electron chi connectivity index (χ2n) is 4.83. The number of hydrogen-bond acceptors (Lipinski definition) is 2. The number of halogens is 1. The van der Waals surface area contributed by atoms with E-state index < -0.39 is 0 Å². The number of rotatable bonds is 5. The summed E-state index contributed by atoms with van der Waals surface area (Å²) in [5.74, 6) is 0.263. The monoisotopic (exact) mass is 287 g/mol. The number of carbonyl (C=O) groups excluding carboxylic acids is 1. The molecule has 21 heavy (non-hydrogen) atoms. The Bertz CT molecular complexity index is 603. The molecule has 0 aliphatic carbocycles. The average molecular weight is 287 g/mol. The van der Waals surface area contributed by atoms with E-state index in [0.717, 1.165) is 16.9 Å². The molecule has 3 nitrogen and oxygen atoms in total. The molecular weight excluding hydrogens is 269 g/mol. The molecule has 1 N–H and O–H groups in total. The highest BCUT2D eigenvalue weighted by Crippen LogP contribution is 2.21. The second-order valence-corrected chi connectivity index (χ2v) is 4.83. The Kier molecular flexibility index (Phi) is 4.93. The summed E-state index contributed by atoms with van der Waals surface area (Å²) in [6.07, 6.45) is 0. The lowest BCUT2D eigenvalue weighted by atomic mass is 10.1. The Balaban J connectivity index is 1.82. The lowest BCUT2D eigenvalue weighted by molar-refractivity contribution is 0.0947. The molecule has 0 bridgehead atoms. The van der Waals surface area contributed by atoms with E-state index in [-0.39, 0.29) is 11.7 Å². The zero-order valence-electron chi connectivity index (χ0n) is 12.2. The SMILES string of the molecule is Cc1cccc(C)c1OCCNC(=O)c1ccc(F)cc1. The van der Waals surface area contributed by atoms with Gasteiger partial charge in [-0.25, -0.2) is 4.39 Å². The molecule has 0 spiro atoms. The highest BCUT2D eigenvalue weighted by atomic mass is 19.1. The molecule has 0 aromatic heterocycles. The number of ether oxygens (including phenoxy) is 1. The fourth-order valence-corrected chi connectivity index (χ4v) is 2.05. The fraction of sp³-hybridized carbons (Fsp3) is 0.235. The Morgan fingerprint density at radius 3 is 2.33 bits per heavy atom. The number of benzene rings is 2. The van der Waals surface area contributed by atoms with Crippen LogP contribution >= 0.6 is 0 Å². The Morgan fingerprint density at radius 1 is 1.10 bits per heavy atom. The summed E-state index contributed by atoms with van der Waals surface area (Å²) in [7, 11) is 0. The second kappa shape index (κ2) is 6.88. The van der Waals surface area contributed by atoms with Gasteiger partial charge in [0.1, 0.15) is 18.2 Å². The minimum absolute atomic E-state index is 0.236. The van der Waals surface area contributed by atoms with E-state index in [4.69, 9.17) is 4.74 Å². The quantitative estimate of drug-likeness (QED) is 0.857. The van der Waals surface area contributed by atoms with Crippen molar-refractivity contribution in [3.8, 4) is 5.75 Å². The van der Waals surface area contributed by atoms with Crippen LogP contribution in [0.5, 0.6) is 5.75 Å². The van der Waals surface area contributed by atoms with Gasteiger partial charge in [0.05, 0.1) is 6.54 Å². The zero-order valence-corrected chi connectivity index (χ0v) is 12.2. The summed E-state index contributed by atoms with van der Waals surface area (Å²) in [4.78, 5) is 11.8. The predicted octanol–water partition coefficient (Wildman–Crippen LogP) is 3.25. The third-order valence-corrected chi connectivity index (χ3v) is 3.15. The predicted molar refractivity (Wildman–Crippen MR) is 80.1 cm³/mol. The standard InChI is InChI=1S/C17H18FNO2/c1-12-4-3-5-13(2)16(12)21-11-10-19-17(20)14-6-8-15(18)9-7-14/h3-9H,10-11H2,1-2H3,(H,19,20). The maximum Gasteiger partial charge on any atom is 0.251 e. The molecule has 0 saturated carbocycles. The fourth-order valence-electron chi connectivity index (χ4n) is 2.05. The first kappa shape index (κ1) is 15.0. The zero-order chi connectivity index (χ0) is 15.2.